The van der Waals surface area contributed by atoms with Crippen LogP contribution < -0.4 is 0 Å². The zero-order chi connectivity index (χ0) is 42.6. The Morgan fingerprint density at radius 3 is 1.75 bits per heavy atom. The quantitative estimate of drug-likeness (QED) is 0.164. The lowest BCUT2D eigenvalue weighted by Crippen LogP contribution is -2.31. The predicted molar refractivity (Wildman–Crippen MR) is 263 cm³/mol. The number of furan rings is 1. The van der Waals surface area contributed by atoms with Gasteiger partial charge >= 0.3 is 0 Å². The minimum Gasteiger partial charge on any atom is -0.455 e. The minimum atomic E-state index is -0.524. The molecule has 65 heavy (non-hydrogen) atoms. The van der Waals surface area contributed by atoms with Gasteiger partial charge in [-0.05, 0) is 93.4 Å². The summed E-state index contributed by atoms with van der Waals surface area (Å²) in [6, 6.07) is 73.3. The van der Waals surface area contributed by atoms with E-state index < -0.39 is 5.41 Å². The first kappa shape index (κ1) is 36.3. The number of hydrogen-bond donors (Lipinski definition) is 0. The fraction of sp³-hybridized carbons (Fsp3) is 0.0169. The minimum absolute atomic E-state index is 0.524. The third-order valence-corrected chi connectivity index (χ3v) is 14.5. The van der Waals surface area contributed by atoms with Gasteiger partial charge in [-0.3, -0.25) is 0 Å². The molecule has 12 aromatic rings. The highest BCUT2D eigenvalue weighted by atomic mass is 32.2. The molecule has 0 fully saturated rings. The standard InChI is InChI=1S/C59H34N4OS/c1-3-16-35(17-4-1)54-45-33-43-38-20-7-9-24-46(38)59(47-25-10-13-28-52(47)65-53-29-14-11-26-48(53)59)49(43)34-42(45)44-32-37(30-31-50(44)60-54)57-61-56(36-18-5-2-6-19-36)62-58(63-57)41-23-15-22-40-39-21-8-12-27-51(39)64-55(40)41/h1-34H. The summed E-state index contributed by atoms with van der Waals surface area (Å²) in [4.78, 5) is 23.6. The predicted octanol–water partition coefficient (Wildman–Crippen LogP) is 15.0. The van der Waals surface area contributed by atoms with E-state index >= 15 is 0 Å². The second-order valence-corrected chi connectivity index (χ2v) is 17.9. The van der Waals surface area contributed by atoms with Crippen molar-refractivity contribution in [3.8, 4) is 56.5 Å². The molecule has 0 N–H and O–H groups in total. The summed E-state index contributed by atoms with van der Waals surface area (Å²) in [5.74, 6) is 1.71. The maximum Gasteiger partial charge on any atom is 0.167 e. The van der Waals surface area contributed by atoms with Gasteiger partial charge in [-0.2, -0.15) is 0 Å². The number of benzene rings is 9. The van der Waals surface area contributed by atoms with Crippen LogP contribution in [0.5, 0.6) is 0 Å². The Hall–Kier alpha value is -8.19. The molecular formula is C59H34N4OS. The molecule has 0 atom stereocenters. The fourth-order valence-electron chi connectivity index (χ4n) is 10.6. The number of nitrogens with zero attached hydrogens (tertiary/aromatic N) is 4. The van der Waals surface area contributed by atoms with E-state index in [2.05, 4.69) is 152 Å². The number of pyridine rings is 1. The van der Waals surface area contributed by atoms with Crippen LogP contribution in [0.2, 0.25) is 0 Å². The molecule has 1 aliphatic heterocycles. The summed E-state index contributed by atoms with van der Waals surface area (Å²) in [6.45, 7) is 0. The van der Waals surface area contributed by atoms with Gasteiger partial charge in [0.1, 0.15) is 11.2 Å². The third kappa shape index (κ3) is 5.29. The molecule has 1 aliphatic carbocycles. The highest BCUT2D eigenvalue weighted by molar-refractivity contribution is 7.99. The maximum atomic E-state index is 6.52. The van der Waals surface area contributed by atoms with Crippen LogP contribution in [0.25, 0.3) is 100 Å². The molecule has 0 amide bonds. The highest BCUT2D eigenvalue weighted by Crippen LogP contribution is 2.63. The Morgan fingerprint density at radius 2 is 0.969 bits per heavy atom. The highest BCUT2D eigenvalue weighted by Gasteiger charge is 2.50. The molecule has 5 nitrogen and oxygen atoms in total. The summed E-state index contributed by atoms with van der Waals surface area (Å²) in [6.07, 6.45) is 0. The Morgan fingerprint density at radius 1 is 0.354 bits per heavy atom. The number of hydrogen-bond acceptors (Lipinski definition) is 6. The molecule has 0 unspecified atom stereocenters. The van der Waals surface area contributed by atoms with E-state index in [1.165, 1.54) is 43.2 Å². The Labute approximate surface area is 378 Å². The van der Waals surface area contributed by atoms with E-state index in [0.717, 1.165) is 71.6 Å². The van der Waals surface area contributed by atoms with Crippen molar-refractivity contribution in [3.05, 3.63) is 229 Å². The second kappa shape index (κ2) is 13.9. The van der Waals surface area contributed by atoms with Gasteiger partial charge in [0.25, 0.3) is 0 Å². The first-order valence-electron chi connectivity index (χ1n) is 21.9. The number of aromatic nitrogens is 4. The van der Waals surface area contributed by atoms with Gasteiger partial charge in [0.2, 0.25) is 0 Å². The average molecular weight is 847 g/mol. The molecule has 1 spiro atoms. The van der Waals surface area contributed by atoms with Crippen LogP contribution in [-0.2, 0) is 5.41 Å². The van der Waals surface area contributed by atoms with Crippen molar-refractivity contribution < 1.29 is 4.42 Å². The van der Waals surface area contributed by atoms with Crippen molar-refractivity contribution in [2.75, 3.05) is 0 Å². The van der Waals surface area contributed by atoms with Crippen molar-refractivity contribution in [3.63, 3.8) is 0 Å². The summed E-state index contributed by atoms with van der Waals surface area (Å²) in [7, 11) is 0. The Kier molecular flexibility index (Phi) is 7.77. The zero-order valence-electron chi connectivity index (χ0n) is 34.7. The lowest BCUT2D eigenvalue weighted by Gasteiger charge is -2.39. The van der Waals surface area contributed by atoms with E-state index in [1.54, 1.807) is 0 Å². The van der Waals surface area contributed by atoms with Crippen LogP contribution in [0.4, 0.5) is 0 Å². The lowest BCUT2D eigenvalue weighted by atomic mass is 9.67. The molecule has 0 saturated carbocycles. The van der Waals surface area contributed by atoms with E-state index in [0.29, 0.717) is 17.5 Å². The van der Waals surface area contributed by atoms with Crippen LogP contribution >= 0.6 is 11.8 Å². The third-order valence-electron chi connectivity index (χ3n) is 13.4. The van der Waals surface area contributed by atoms with Crippen LogP contribution in [-0.4, -0.2) is 19.9 Å². The molecule has 2 aliphatic rings. The maximum absolute atomic E-state index is 6.52. The van der Waals surface area contributed by atoms with Gasteiger partial charge in [0, 0.05) is 48.0 Å². The van der Waals surface area contributed by atoms with Crippen LogP contribution in [0.1, 0.15) is 22.3 Å². The molecule has 0 saturated heterocycles. The van der Waals surface area contributed by atoms with Crippen LogP contribution in [0.3, 0.4) is 0 Å². The molecular weight excluding hydrogens is 813 g/mol. The van der Waals surface area contributed by atoms with E-state index in [4.69, 9.17) is 24.4 Å². The normalized spacial score (nSPS) is 13.3. The average Bonchev–Trinajstić information content (AvgIpc) is 3.89. The Balaban J connectivity index is 1.06. The molecule has 4 heterocycles. The van der Waals surface area contributed by atoms with Crippen molar-refractivity contribution in [1.29, 1.82) is 0 Å². The lowest BCUT2D eigenvalue weighted by molar-refractivity contribution is 0.669. The molecule has 9 aromatic carbocycles. The summed E-state index contributed by atoms with van der Waals surface area (Å²) < 4.78 is 6.52. The van der Waals surface area contributed by atoms with Crippen LogP contribution in [0, 0.1) is 0 Å². The molecule has 14 rings (SSSR count). The van der Waals surface area contributed by atoms with E-state index in [1.807, 2.05) is 66.4 Å². The van der Waals surface area contributed by atoms with Crippen molar-refractivity contribution >= 4 is 55.4 Å². The van der Waals surface area contributed by atoms with E-state index in [9.17, 15) is 0 Å². The summed E-state index contributed by atoms with van der Waals surface area (Å²) >= 11 is 1.86. The number of fused-ring (bicyclic) bond motifs is 15. The van der Waals surface area contributed by atoms with Gasteiger partial charge in [-0.15, -0.1) is 0 Å². The van der Waals surface area contributed by atoms with Crippen LogP contribution in [0.15, 0.2) is 220 Å². The van der Waals surface area contributed by atoms with E-state index in [-0.39, 0.29) is 0 Å². The summed E-state index contributed by atoms with van der Waals surface area (Å²) in [5, 5.41) is 5.32. The van der Waals surface area contributed by atoms with Gasteiger partial charge in [0.15, 0.2) is 17.5 Å². The van der Waals surface area contributed by atoms with Crippen molar-refractivity contribution in [2.24, 2.45) is 0 Å². The SMILES string of the molecule is c1ccc(-c2nc(-c3ccc4nc(-c5ccccc5)c5cc6c(cc5c4c3)C3(c4ccccc4Sc4ccccc43)c3ccccc3-6)nc(-c3cccc4c3oc3ccccc34)n2)cc1. The monoisotopic (exact) mass is 846 g/mol. The van der Waals surface area contributed by atoms with Gasteiger partial charge in [-0.1, -0.05) is 163 Å². The molecule has 6 heteroatoms. The van der Waals surface area contributed by atoms with Crippen molar-refractivity contribution in [2.45, 2.75) is 15.2 Å². The molecule has 302 valence electrons. The van der Waals surface area contributed by atoms with Gasteiger partial charge in [0.05, 0.1) is 22.2 Å². The fourth-order valence-corrected chi connectivity index (χ4v) is 11.8. The largest absolute Gasteiger partial charge is 0.455 e. The first-order chi connectivity index (χ1) is 32.2. The first-order valence-corrected chi connectivity index (χ1v) is 22.7. The number of rotatable bonds is 4. The molecule has 3 aromatic heterocycles. The topological polar surface area (TPSA) is 64.7 Å². The van der Waals surface area contributed by atoms with Crippen molar-refractivity contribution in [1.82, 2.24) is 19.9 Å². The van der Waals surface area contributed by atoms with Gasteiger partial charge < -0.3 is 4.42 Å². The number of para-hydroxylation sites is 2. The zero-order valence-corrected chi connectivity index (χ0v) is 35.6. The smallest absolute Gasteiger partial charge is 0.167 e. The molecule has 0 bridgehead atoms. The van der Waals surface area contributed by atoms with Gasteiger partial charge in [-0.25, -0.2) is 19.9 Å². The Bertz CT molecular complexity index is 3890. The second-order valence-electron chi connectivity index (χ2n) is 16.8. The molecule has 0 radical (unpaired) electrons. The summed E-state index contributed by atoms with van der Waals surface area (Å²) in [5.41, 5.74) is 14.2.